The van der Waals surface area contributed by atoms with E-state index in [-0.39, 0.29) is 16.7 Å². The number of carbonyl (C=O) groups excluding carboxylic acids is 2. The lowest BCUT2D eigenvalue weighted by Gasteiger charge is -2.30. The molecule has 5 rings (SSSR count). The Bertz CT molecular complexity index is 1320. The summed E-state index contributed by atoms with van der Waals surface area (Å²) in [4.78, 5) is 44.1. The Kier molecular flexibility index (Phi) is 5.86. The predicted octanol–water partition coefficient (Wildman–Crippen LogP) is 3.65. The van der Waals surface area contributed by atoms with Crippen molar-refractivity contribution in [2.45, 2.75) is 23.1 Å². The first-order valence-corrected chi connectivity index (χ1v) is 12.4. The number of nitrogens with zero attached hydrogens (tertiary/aromatic N) is 1. The number of thiazole rings is 1. The number of benzene rings is 2. The molecule has 1 aromatic heterocycles. The summed E-state index contributed by atoms with van der Waals surface area (Å²) in [6.45, 7) is 2.41. The molecule has 0 unspecified atom stereocenters. The summed E-state index contributed by atoms with van der Waals surface area (Å²) >= 11 is 2.32. The van der Waals surface area contributed by atoms with Gasteiger partial charge in [0.05, 0.1) is 37.5 Å². The molecule has 1 N–H and O–H groups in total. The van der Waals surface area contributed by atoms with Crippen LogP contribution in [0.25, 0.3) is 0 Å². The average Bonchev–Trinajstić information content (AvgIpc) is 3.34. The fourth-order valence-electron chi connectivity index (χ4n) is 4.53. The summed E-state index contributed by atoms with van der Waals surface area (Å²) in [6.07, 6.45) is 0. The first-order chi connectivity index (χ1) is 16.5. The molecule has 0 radical (unpaired) electrons. The van der Waals surface area contributed by atoms with Gasteiger partial charge in [-0.1, -0.05) is 29.2 Å². The Morgan fingerprint density at radius 2 is 1.71 bits per heavy atom. The lowest BCUT2D eigenvalue weighted by Crippen LogP contribution is -2.32. The van der Waals surface area contributed by atoms with Gasteiger partial charge in [0.2, 0.25) is 11.8 Å². The summed E-state index contributed by atoms with van der Waals surface area (Å²) in [6, 6.07) is 12.3. The van der Waals surface area contributed by atoms with Crippen molar-refractivity contribution >= 4 is 40.6 Å². The van der Waals surface area contributed by atoms with Crippen LogP contribution in [-0.2, 0) is 9.59 Å². The van der Waals surface area contributed by atoms with E-state index in [2.05, 4.69) is 4.98 Å². The molecule has 0 spiro atoms. The van der Waals surface area contributed by atoms with Crippen molar-refractivity contribution < 1.29 is 23.8 Å². The van der Waals surface area contributed by atoms with Crippen molar-refractivity contribution in [3.63, 3.8) is 0 Å². The Morgan fingerprint density at radius 1 is 0.971 bits per heavy atom. The van der Waals surface area contributed by atoms with Gasteiger partial charge in [-0.05, 0) is 48.9 Å². The Balaban J connectivity index is 1.60. The predicted molar refractivity (Wildman–Crippen MR) is 130 cm³/mol. The molecule has 2 aliphatic rings. The highest BCUT2D eigenvalue weighted by molar-refractivity contribution is 8.00. The van der Waals surface area contributed by atoms with Crippen molar-refractivity contribution in [2.75, 3.05) is 25.7 Å². The number of nitrogens with one attached hydrogen (secondary N) is 1. The van der Waals surface area contributed by atoms with Gasteiger partial charge in [-0.3, -0.25) is 14.4 Å². The quantitative estimate of drug-likeness (QED) is 0.518. The fraction of sp³-hybridized carbons (Fsp3) is 0.292. The molecule has 1 fully saturated rings. The number of H-pyrrole nitrogens is 1. The molecule has 1 saturated heterocycles. The van der Waals surface area contributed by atoms with E-state index in [1.165, 1.54) is 16.7 Å². The fourth-order valence-corrected chi connectivity index (χ4v) is 7.05. The third kappa shape index (κ3) is 3.57. The summed E-state index contributed by atoms with van der Waals surface area (Å²) < 4.78 is 16.3. The maximum absolute atomic E-state index is 13.8. The topological polar surface area (TPSA) is 97.9 Å². The van der Waals surface area contributed by atoms with Crippen LogP contribution in [0.1, 0.15) is 23.3 Å². The highest BCUT2D eigenvalue weighted by atomic mass is 32.2. The number of aromatic amines is 1. The number of carbonyl (C=O) groups is 2. The molecule has 0 bridgehead atoms. The van der Waals surface area contributed by atoms with E-state index in [9.17, 15) is 14.4 Å². The first-order valence-electron chi connectivity index (χ1n) is 10.7. The molecule has 2 amide bonds. The van der Waals surface area contributed by atoms with Gasteiger partial charge in [0, 0.05) is 10.8 Å². The number of rotatable bonds is 6. The number of hydrogen-bond acceptors (Lipinski definition) is 8. The Hall–Kier alpha value is -3.24. The molecule has 2 aromatic carbocycles. The molecule has 176 valence electrons. The lowest BCUT2D eigenvalue weighted by atomic mass is 9.83. The molecule has 0 saturated carbocycles. The van der Waals surface area contributed by atoms with Crippen LogP contribution in [0.15, 0.2) is 52.3 Å². The minimum absolute atomic E-state index is 0.216. The lowest BCUT2D eigenvalue weighted by molar-refractivity contribution is -0.122. The number of thioether (sulfide) groups is 1. The van der Waals surface area contributed by atoms with E-state index in [0.29, 0.717) is 34.6 Å². The summed E-state index contributed by atoms with van der Waals surface area (Å²) in [5, 5.41) is -0.0272. The zero-order valence-electron chi connectivity index (χ0n) is 18.7. The normalized spacial score (nSPS) is 21.3. The second-order valence-corrected chi connectivity index (χ2v) is 9.97. The molecule has 3 heterocycles. The zero-order chi connectivity index (χ0) is 24.0. The van der Waals surface area contributed by atoms with Crippen LogP contribution >= 0.6 is 23.1 Å². The van der Waals surface area contributed by atoms with E-state index >= 15 is 0 Å². The van der Waals surface area contributed by atoms with Gasteiger partial charge in [-0.2, -0.15) is 0 Å². The maximum Gasteiger partial charge on any atom is 0.305 e. The summed E-state index contributed by atoms with van der Waals surface area (Å²) in [5.41, 5.74) is 1.27. The third-order valence-electron chi connectivity index (χ3n) is 6.00. The number of imide groups is 1. The average molecular weight is 499 g/mol. The Morgan fingerprint density at radius 3 is 2.38 bits per heavy atom. The molecule has 2 aliphatic heterocycles. The van der Waals surface area contributed by atoms with E-state index in [1.807, 2.05) is 19.1 Å². The van der Waals surface area contributed by atoms with Gasteiger partial charge in [0.1, 0.15) is 11.0 Å². The second-order valence-electron chi connectivity index (χ2n) is 7.80. The van der Waals surface area contributed by atoms with Gasteiger partial charge in [-0.25, -0.2) is 4.90 Å². The molecule has 3 aromatic rings. The van der Waals surface area contributed by atoms with Gasteiger partial charge in [-0.15, -0.1) is 0 Å². The van der Waals surface area contributed by atoms with Crippen molar-refractivity contribution in [1.82, 2.24) is 4.98 Å². The van der Waals surface area contributed by atoms with Crippen LogP contribution in [0.4, 0.5) is 5.69 Å². The number of amides is 2. The second kappa shape index (κ2) is 8.84. The summed E-state index contributed by atoms with van der Waals surface area (Å²) in [7, 11) is 3.09. The SMILES string of the molecule is CCOc1ccc(N2C(=O)[C@@H]3[C@@H](c4ccc(OC)c(OC)c4)c4sc(=O)[nH]c4S[C@@H]3C2=O)cc1. The smallest absolute Gasteiger partial charge is 0.305 e. The molecule has 10 heteroatoms. The van der Waals surface area contributed by atoms with Crippen LogP contribution in [0.2, 0.25) is 0 Å². The van der Waals surface area contributed by atoms with Crippen LogP contribution in [-0.4, -0.2) is 42.9 Å². The molecule has 8 nitrogen and oxygen atoms in total. The number of ether oxygens (including phenoxy) is 3. The molecular formula is C24H22N2O6S2. The first kappa shape index (κ1) is 22.5. The minimum Gasteiger partial charge on any atom is -0.494 e. The largest absolute Gasteiger partial charge is 0.494 e. The van der Waals surface area contributed by atoms with Crippen LogP contribution in [0.5, 0.6) is 17.2 Å². The number of hydrogen-bond donors (Lipinski definition) is 1. The van der Waals surface area contributed by atoms with Crippen molar-refractivity contribution in [2.24, 2.45) is 5.92 Å². The van der Waals surface area contributed by atoms with E-state index in [0.717, 1.165) is 21.8 Å². The zero-order valence-corrected chi connectivity index (χ0v) is 20.3. The van der Waals surface area contributed by atoms with E-state index in [4.69, 9.17) is 14.2 Å². The van der Waals surface area contributed by atoms with Gasteiger partial charge >= 0.3 is 4.87 Å². The van der Waals surface area contributed by atoms with Crippen molar-refractivity contribution in [1.29, 1.82) is 0 Å². The standard InChI is InChI=1S/C24H22N2O6S2/c1-4-32-14-8-6-13(7-9-14)26-22(27)18-17(12-5-10-15(30-2)16(11-12)31-3)19-21(25-24(29)34-19)33-20(18)23(26)28/h5-11,17-18,20H,4H2,1-3H3,(H,25,29)/t17-,18-,20+/m1/s1. The molecule has 3 atom stereocenters. The van der Waals surface area contributed by atoms with Crippen molar-refractivity contribution in [3.8, 4) is 17.2 Å². The molecular weight excluding hydrogens is 476 g/mol. The Labute approximate surface area is 203 Å². The number of fused-ring (bicyclic) bond motifs is 2. The highest BCUT2D eigenvalue weighted by Gasteiger charge is 2.56. The van der Waals surface area contributed by atoms with Crippen molar-refractivity contribution in [3.05, 3.63) is 62.6 Å². The van der Waals surface area contributed by atoms with Gasteiger partial charge < -0.3 is 19.2 Å². The minimum atomic E-state index is -0.666. The highest BCUT2D eigenvalue weighted by Crippen LogP contribution is 2.53. The molecule has 34 heavy (non-hydrogen) atoms. The maximum atomic E-state index is 13.8. The number of aromatic nitrogens is 1. The van der Waals surface area contributed by atoms with Crippen LogP contribution < -0.4 is 24.0 Å². The molecule has 0 aliphatic carbocycles. The van der Waals surface area contributed by atoms with Gasteiger partial charge in [0.25, 0.3) is 0 Å². The van der Waals surface area contributed by atoms with Crippen LogP contribution in [0.3, 0.4) is 0 Å². The third-order valence-corrected chi connectivity index (χ3v) is 8.40. The van der Waals surface area contributed by atoms with E-state index < -0.39 is 17.1 Å². The monoisotopic (exact) mass is 498 g/mol. The number of methoxy groups -OCH3 is 2. The van der Waals surface area contributed by atoms with Crippen LogP contribution in [0, 0.1) is 5.92 Å². The summed E-state index contributed by atoms with van der Waals surface area (Å²) in [5.74, 6) is 0.000280. The van der Waals surface area contributed by atoms with Gasteiger partial charge in [0.15, 0.2) is 11.5 Å². The van der Waals surface area contributed by atoms with E-state index in [1.54, 1.807) is 44.6 Å². The number of anilines is 1.